The van der Waals surface area contributed by atoms with Crippen molar-refractivity contribution in [2.24, 2.45) is 5.92 Å². The van der Waals surface area contributed by atoms with E-state index in [1.807, 2.05) is 19.1 Å². The molecule has 0 unspecified atom stereocenters. The number of nitrogens with zero attached hydrogens (tertiary/aromatic N) is 2. The maximum atomic E-state index is 13.6. The second-order valence-corrected chi connectivity index (χ2v) is 10.2. The molecule has 1 fully saturated rings. The Kier molecular flexibility index (Phi) is 8.91. The number of aryl methyl sites for hydroxylation is 1. The van der Waals surface area contributed by atoms with Crippen LogP contribution in [0.1, 0.15) is 71.6 Å². The second kappa shape index (κ2) is 12.4. The Morgan fingerprint density at radius 3 is 2.25 bits per heavy atom. The van der Waals surface area contributed by atoms with E-state index in [9.17, 15) is 27.6 Å². The van der Waals surface area contributed by atoms with Crippen molar-refractivity contribution < 1.29 is 32.7 Å². The molecule has 0 atom stereocenters. The van der Waals surface area contributed by atoms with E-state index in [0.717, 1.165) is 47.7 Å². The van der Waals surface area contributed by atoms with E-state index in [-0.39, 0.29) is 25.3 Å². The highest BCUT2D eigenvalue weighted by Gasteiger charge is 2.39. The number of hydrogen-bond donors (Lipinski definition) is 3. The van der Waals surface area contributed by atoms with Crippen molar-refractivity contribution in [1.82, 2.24) is 15.1 Å². The van der Waals surface area contributed by atoms with Crippen LogP contribution in [-0.2, 0) is 15.8 Å². The summed E-state index contributed by atoms with van der Waals surface area (Å²) in [5, 5.41) is 17.7. The van der Waals surface area contributed by atoms with E-state index in [1.54, 1.807) is 36.4 Å². The smallest absolute Gasteiger partial charge is 0.435 e. The molecule has 2 amide bonds. The van der Waals surface area contributed by atoms with Crippen LogP contribution < -0.4 is 10.6 Å². The highest BCUT2D eigenvalue weighted by Crippen LogP contribution is 2.37. The average molecular weight is 557 g/mol. The number of carbonyl (C=O) groups excluding carboxylic acids is 2. The van der Waals surface area contributed by atoms with Crippen LogP contribution >= 0.6 is 0 Å². The zero-order valence-electron chi connectivity index (χ0n) is 22.0. The van der Waals surface area contributed by atoms with E-state index >= 15 is 0 Å². The maximum absolute atomic E-state index is 13.6. The minimum atomic E-state index is -4.83. The third-order valence-electron chi connectivity index (χ3n) is 7.14. The third kappa shape index (κ3) is 7.49. The highest BCUT2D eigenvalue weighted by molar-refractivity contribution is 5.96. The topological polar surface area (TPSA) is 113 Å². The number of carboxylic acid groups (broad SMARTS) is 1. The van der Waals surface area contributed by atoms with Crippen LogP contribution in [0.25, 0.3) is 5.69 Å². The van der Waals surface area contributed by atoms with E-state index in [2.05, 4.69) is 15.7 Å². The average Bonchev–Trinajstić information content (AvgIpc) is 3.36. The number of aromatic nitrogens is 2. The van der Waals surface area contributed by atoms with Gasteiger partial charge in [0.1, 0.15) is 0 Å². The van der Waals surface area contributed by atoms with E-state index < -0.39 is 35.2 Å². The molecular formula is C29H31F3N4O4. The van der Waals surface area contributed by atoms with Crippen molar-refractivity contribution in [2.45, 2.75) is 57.5 Å². The van der Waals surface area contributed by atoms with Crippen LogP contribution in [0.2, 0.25) is 0 Å². The first-order chi connectivity index (χ1) is 19.0. The molecule has 1 aliphatic rings. The lowest BCUT2D eigenvalue weighted by Gasteiger charge is -2.28. The minimum Gasteiger partial charge on any atom is -0.481 e. The summed E-state index contributed by atoms with van der Waals surface area (Å²) in [5.41, 5.74) is 1.08. The molecule has 4 rings (SSSR count). The summed E-state index contributed by atoms with van der Waals surface area (Å²) in [4.78, 5) is 35.9. The zero-order chi connectivity index (χ0) is 28.9. The van der Waals surface area contributed by atoms with Crippen LogP contribution in [0.4, 0.5) is 18.9 Å². The first-order valence-electron chi connectivity index (χ1n) is 13.1. The summed E-state index contributed by atoms with van der Waals surface area (Å²) in [6.45, 7) is 1.69. The molecule has 0 saturated heterocycles. The number of hydrogen-bond acceptors (Lipinski definition) is 4. The molecule has 3 N–H and O–H groups in total. The number of amides is 2. The van der Waals surface area contributed by atoms with Gasteiger partial charge in [0.15, 0.2) is 5.69 Å². The van der Waals surface area contributed by atoms with E-state index in [1.165, 1.54) is 0 Å². The van der Waals surface area contributed by atoms with Crippen LogP contribution in [0.3, 0.4) is 0 Å². The highest BCUT2D eigenvalue weighted by atomic mass is 19.4. The first kappa shape index (κ1) is 28.8. The van der Waals surface area contributed by atoms with Gasteiger partial charge in [0.25, 0.3) is 5.91 Å². The van der Waals surface area contributed by atoms with Crippen LogP contribution in [-0.4, -0.2) is 39.2 Å². The van der Waals surface area contributed by atoms with Gasteiger partial charge in [-0.25, -0.2) is 4.68 Å². The lowest BCUT2D eigenvalue weighted by molar-refractivity contribution is -0.141. The quantitative estimate of drug-likeness (QED) is 0.313. The summed E-state index contributed by atoms with van der Waals surface area (Å²) >= 11 is 0. The molecule has 1 aromatic heterocycles. The van der Waals surface area contributed by atoms with Crippen molar-refractivity contribution in [3.05, 3.63) is 77.1 Å². The van der Waals surface area contributed by atoms with Gasteiger partial charge in [-0.3, -0.25) is 14.4 Å². The molecule has 0 bridgehead atoms. The van der Waals surface area contributed by atoms with Gasteiger partial charge in [0.2, 0.25) is 5.91 Å². The number of rotatable bonds is 9. The monoisotopic (exact) mass is 556 g/mol. The molecule has 212 valence electrons. The normalized spacial score (nSPS) is 17.3. The number of anilines is 1. The van der Waals surface area contributed by atoms with Gasteiger partial charge in [-0.05, 0) is 74.3 Å². The summed E-state index contributed by atoms with van der Waals surface area (Å²) in [6, 6.07) is 14.1. The van der Waals surface area contributed by atoms with Crippen LogP contribution in [0, 0.1) is 12.8 Å². The fourth-order valence-electron chi connectivity index (χ4n) is 4.97. The first-order valence-corrected chi connectivity index (χ1v) is 13.1. The minimum absolute atomic E-state index is 0.130. The largest absolute Gasteiger partial charge is 0.481 e. The molecule has 0 radical (unpaired) electrons. The number of nitrogens with one attached hydrogen (secondary N) is 2. The molecule has 11 heteroatoms. The van der Waals surface area contributed by atoms with Crippen molar-refractivity contribution >= 4 is 23.5 Å². The van der Waals surface area contributed by atoms with Gasteiger partial charge < -0.3 is 15.7 Å². The fraction of sp³-hybridized carbons (Fsp3) is 0.379. The van der Waals surface area contributed by atoms with Crippen molar-refractivity contribution in [2.75, 3.05) is 11.9 Å². The predicted molar refractivity (Wildman–Crippen MR) is 142 cm³/mol. The Balaban J connectivity index is 1.28. The molecule has 1 aliphatic carbocycles. The molecular weight excluding hydrogens is 525 g/mol. The predicted octanol–water partition coefficient (Wildman–Crippen LogP) is 5.71. The number of halogens is 3. The fourth-order valence-corrected chi connectivity index (χ4v) is 4.97. The van der Waals surface area contributed by atoms with Crippen molar-refractivity contribution in [3.63, 3.8) is 0 Å². The molecule has 1 heterocycles. The van der Waals surface area contributed by atoms with Gasteiger partial charge in [0, 0.05) is 31.3 Å². The standard InChI is InChI=1S/C29H31F3N4O4/c1-18-2-12-23(13-3-18)36-17-24(27(35-36)29(30,31)32)28(40)33-15-14-25(37)34-22-10-8-21(9-11-22)20-6-4-19(5-7-20)16-26(38)39/h2-3,8-13,17,19-20H,4-7,14-16H2,1H3,(H,33,40)(H,34,37)(H,38,39). The van der Waals surface area contributed by atoms with Crippen molar-refractivity contribution in [3.8, 4) is 5.69 Å². The zero-order valence-corrected chi connectivity index (χ0v) is 22.0. The van der Waals surface area contributed by atoms with Gasteiger partial charge in [-0.1, -0.05) is 29.8 Å². The van der Waals surface area contributed by atoms with Gasteiger partial charge in [0.05, 0.1) is 11.3 Å². The van der Waals surface area contributed by atoms with Gasteiger partial charge in [-0.15, -0.1) is 0 Å². The Labute approximate surface area is 229 Å². The number of aliphatic carboxylic acids is 1. The Morgan fingerprint density at radius 2 is 1.65 bits per heavy atom. The summed E-state index contributed by atoms with van der Waals surface area (Å²) in [6.07, 6.45) is -0.135. The molecule has 3 aromatic rings. The summed E-state index contributed by atoms with van der Waals surface area (Å²) < 4.78 is 41.7. The van der Waals surface area contributed by atoms with Crippen LogP contribution in [0.5, 0.6) is 0 Å². The Morgan fingerprint density at radius 1 is 1.00 bits per heavy atom. The second-order valence-electron chi connectivity index (χ2n) is 10.2. The molecule has 40 heavy (non-hydrogen) atoms. The summed E-state index contributed by atoms with van der Waals surface area (Å²) in [5.74, 6) is -1.56. The number of carbonyl (C=O) groups is 3. The summed E-state index contributed by atoms with van der Waals surface area (Å²) in [7, 11) is 0. The lowest BCUT2D eigenvalue weighted by atomic mass is 9.77. The number of benzene rings is 2. The molecule has 0 spiro atoms. The van der Waals surface area contributed by atoms with Crippen molar-refractivity contribution in [1.29, 1.82) is 0 Å². The van der Waals surface area contributed by atoms with Gasteiger partial charge in [-0.2, -0.15) is 18.3 Å². The van der Waals surface area contributed by atoms with E-state index in [4.69, 9.17) is 5.11 Å². The number of carboxylic acids is 1. The Bertz CT molecular complexity index is 1340. The molecule has 0 aliphatic heterocycles. The molecule has 8 nitrogen and oxygen atoms in total. The van der Waals surface area contributed by atoms with Crippen LogP contribution in [0.15, 0.2) is 54.7 Å². The van der Waals surface area contributed by atoms with E-state index in [0.29, 0.717) is 17.3 Å². The molecule has 2 aromatic carbocycles. The van der Waals surface area contributed by atoms with Gasteiger partial charge >= 0.3 is 12.1 Å². The SMILES string of the molecule is Cc1ccc(-n2cc(C(=O)NCCC(=O)Nc3ccc(C4CCC(CC(=O)O)CC4)cc3)c(C(F)(F)F)n2)cc1. The maximum Gasteiger partial charge on any atom is 0.435 e. The number of alkyl halides is 3. The Hall–Kier alpha value is -4.15. The third-order valence-corrected chi connectivity index (χ3v) is 7.14. The molecule has 1 saturated carbocycles. The lowest BCUT2D eigenvalue weighted by Crippen LogP contribution is -2.29.